The van der Waals surface area contributed by atoms with E-state index in [0.717, 1.165) is 23.3 Å². The first-order valence-electron chi connectivity index (χ1n) is 9.55. The van der Waals surface area contributed by atoms with Gasteiger partial charge in [-0.15, -0.1) is 0 Å². The maximum atomic E-state index is 12.4. The van der Waals surface area contributed by atoms with Crippen molar-refractivity contribution in [2.24, 2.45) is 0 Å². The van der Waals surface area contributed by atoms with E-state index < -0.39 is 0 Å². The van der Waals surface area contributed by atoms with Crippen LogP contribution >= 0.6 is 0 Å². The van der Waals surface area contributed by atoms with Gasteiger partial charge in [0.25, 0.3) is 5.91 Å². The standard InChI is InChI=1S/C21H28N2O5/c1-5-7-16(11-20(24)26-6-2)22-21(25)18-12-17(28-23-18)13-27-19-10-14(3)8-9-15(19)4/h8-10,12,16H,5-7,11,13H2,1-4H3,(H,22,25). The molecule has 0 spiro atoms. The Balaban J connectivity index is 1.94. The van der Waals surface area contributed by atoms with Crippen LogP contribution in [0.1, 0.15) is 60.5 Å². The predicted octanol–water partition coefficient (Wildman–Crippen LogP) is 3.72. The van der Waals surface area contributed by atoms with Crippen LogP contribution in [-0.2, 0) is 16.1 Å². The van der Waals surface area contributed by atoms with Crippen molar-refractivity contribution >= 4 is 11.9 Å². The largest absolute Gasteiger partial charge is 0.485 e. The number of benzene rings is 1. The Morgan fingerprint density at radius 1 is 1.21 bits per heavy atom. The maximum Gasteiger partial charge on any atom is 0.307 e. The third-order valence-corrected chi connectivity index (χ3v) is 4.20. The summed E-state index contributed by atoms with van der Waals surface area (Å²) in [5, 5.41) is 6.64. The Kier molecular flexibility index (Phi) is 8.04. The molecule has 0 aliphatic carbocycles. The summed E-state index contributed by atoms with van der Waals surface area (Å²) in [5.74, 6) is 0.497. The van der Waals surface area contributed by atoms with Crippen LogP contribution in [0.25, 0.3) is 0 Å². The molecule has 152 valence electrons. The summed E-state index contributed by atoms with van der Waals surface area (Å²) in [7, 11) is 0. The number of carbonyl (C=O) groups is 2. The molecule has 7 nitrogen and oxygen atoms in total. The molecule has 1 atom stereocenters. The number of ether oxygens (including phenoxy) is 2. The normalized spacial score (nSPS) is 11.7. The van der Waals surface area contributed by atoms with Crippen molar-refractivity contribution in [3.8, 4) is 5.75 Å². The zero-order valence-corrected chi connectivity index (χ0v) is 16.9. The van der Waals surface area contributed by atoms with Gasteiger partial charge >= 0.3 is 5.97 Å². The molecule has 0 fully saturated rings. The Bertz CT molecular complexity index is 800. The highest BCUT2D eigenvalue weighted by Crippen LogP contribution is 2.20. The van der Waals surface area contributed by atoms with Crippen LogP contribution in [0.5, 0.6) is 5.75 Å². The molecule has 0 saturated heterocycles. The van der Waals surface area contributed by atoms with Gasteiger partial charge in [-0.3, -0.25) is 9.59 Å². The van der Waals surface area contributed by atoms with Crippen molar-refractivity contribution in [3.05, 3.63) is 46.8 Å². The second-order valence-electron chi connectivity index (χ2n) is 6.70. The lowest BCUT2D eigenvalue weighted by atomic mass is 10.1. The smallest absolute Gasteiger partial charge is 0.307 e. The molecule has 0 saturated carbocycles. The number of rotatable bonds is 10. The van der Waals surface area contributed by atoms with Crippen LogP contribution in [-0.4, -0.2) is 29.7 Å². The molecule has 1 heterocycles. The van der Waals surface area contributed by atoms with Gasteiger partial charge in [0.2, 0.25) is 0 Å². The van der Waals surface area contributed by atoms with E-state index in [2.05, 4.69) is 10.5 Å². The molecule has 2 aromatic rings. The lowest BCUT2D eigenvalue weighted by molar-refractivity contribution is -0.143. The highest BCUT2D eigenvalue weighted by atomic mass is 16.5. The molecular formula is C21H28N2O5. The number of hydrogen-bond donors (Lipinski definition) is 1. The topological polar surface area (TPSA) is 90.7 Å². The molecule has 0 aliphatic heterocycles. The van der Waals surface area contributed by atoms with Gasteiger partial charge in [-0.05, 0) is 44.4 Å². The molecular weight excluding hydrogens is 360 g/mol. The zero-order valence-electron chi connectivity index (χ0n) is 16.9. The summed E-state index contributed by atoms with van der Waals surface area (Å²) in [6.07, 6.45) is 1.64. The number of carbonyl (C=O) groups excluding carboxylic acids is 2. The minimum Gasteiger partial charge on any atom is -0.485 e. The summed E-state index contributed by atoms with van der Waals surface area (Å²) in [5.41, 5.74) is 2.27. The van der Waals surface area contributed by atoms with Gasteiger partial charge in [0.1, 0.15) is 12.4 Å². The van der Waals surface area contributed by atoms with Crippen LogP contribution in [0, 0.1) is 13.8 Å². The number of hydrogen-bond acceptors (Lipinski definition) is 6. The minimum atomic E-state index is -0.385. The Labute approximate surface area is 165 Å². The van der Waals surface area contributed by atoms with Gasteiger partial charge in [0.15, 0.2) is 11.5 Å². The predicted molar refractivity (Wildman–Crippen MR) is 104 cm³/mol. The molecule has 0 bridgehead atoms. The second kappa shape index (κ2) is 10.5. The van der Waals surface area contributed by atoms with Crippen LogP contribution in [0.4, 0.5) is 0 Å². The van der Waals surface area contributed by atoms with Crippen molar-refractivity contribution in [2.75, 3.05) is 6.61 Å². The van der Waals surface area contributed by atoms with E-state index in [1.54, 1.807) is 13.0 Å². The summed E-state index contributed by atoms with van der Waals surface area (Å²) >= 11 is 0. The van der Waals surface area contributed by atoms with Crippen molar-refractivity contribution in [1.29, 1.82) is 0 Å². The minimum absolute atomic E-state index is 0.133. The van der Waals surface area contributed by atoms with E-state index in [1.165, 1.54) is 0 Å². The lowest BCUT2D eigenvalue weighted by Gasteiger charge is -2.16. The van der Waals surface area contributed by atoms with E-state index in [9.17, 15) is 9.59 Å². The summed E-state index contributed by atoms with van der Waals surface area (Å²) in [6.45, 7) is 8.19. The van der Waals surface area contributed by atoms with E-state index in [1.807, 2.05) is 39.0 Å². The first kappa shape index (κ1) is 21.5. The first-order chi connectivity index (χ1) is 13.4. The summed E-state index contributed by atoms with van der Waals surface area (Å²) in [6, 6.07) is 7.20. The fourth-order valence-corrected chi connectivity index (χ4v) is 2.75. The number of aromatic nitrogens is 1. The quantitative estimate of drug-likeness (QED) is 0.624. The maximum absolute atomic E-state index is 12.4. The van der Waals surface area contributed by atoms with Crippen molar-refractivity contribution < 1.29 is 23.6 Å². The van der Waals surface area contributed by atoms with Gasteiger partial charge in [0.05, 0.1) is 13.0 Å². The van der Waals surface area contributed by atoms with Crippen LogP contribution in [0.15, 0.2) is 28.8 Å². The number of nitrogens with one attached hydrogen (secondary N) is 1. The van der Waals surface area contributed by atoms with E-state index >= 15 is 0 Å². The molecule has 1 aromatic heterocycles. The Morgan fingerprint density at radius 2 is 2.00 bits per heavy atom. The van der Waals surface area contributed by atoms with Gasteiger partial charge in [-0.2, -0.15) is 0 Å². The highest BCUT2D eigenvalue weighted by Gasteiger charge is 2.20. The number of nitrogens with zero attached hydrogens (tertiary/aromatic N) is 1. The SMILES string of the molecule is CCCC(CC(=O)OCC)NC(=O)c1cc(COc2cc(C)ccc2C)on1. The average Bonchev–Trinajstić information content (AvgIpc) is 3.12. The van der Waals surface area contributed by atoms with Crippen LogP contribution < -0.4 is 10.1 Å². The lowest BCUT2D eigenvalue weighted by Crippen LogP contribution is -2.37. The van der Waals surface area contributed by atoms with E-state index in [0.29, 0.717) is 18.8 Å². The first-order valence-corrected chi connectivity index (χ1v) is 9.55. The number of esters is 1. The van der Waals surface area contributed by atoms with Gasteiger partial charge in [-0.25, -0.2) is 0 Å². The van der Waals surface area contributed by atoms with E-state index in [-0.39, 0.29) is 36.6 Å². The third-order valence-electron chi connectivity index (χ3n) is 4.20. The van der Waals surface area contributed by atoms with E-state index in [4.69, 9.17) is 14.0 Å². The molecule has 1 unspecified atom stereocenters. The molecule has 1 N–H and O–H groups in total. The fourth-order valence-electron chi connectivity index (χ4n) is 2.75. The molecule has 2 rings (SSSR count). The van der Waals surface area contributed by atoms with Gasteiger partial charge in [-0.1, -0.05) is 30.6 Å². The second-order valence-corrected chi connectivity index (χ2v) is 6.70. The molecule has 28 heavy (non-hydrogen) atoms. The summed E-state index contributed by atoms with van der Waals surface area (Å²) in [4.78, 5) is 24.1. The zero-order chi connectivity index (χ0) is 20.5. The van der Waals surface area contributed by atoms with Gasteiger partial charge < -0.3 is 19.3 Å². The van der Waals surface area contributed by atoms with Crippen molar-refractivity contribution in [2.45, 2.75) is 59.6 Å². The Hall–Kier alpha value is -2.83. The number of amides is 1. The van der Waals surface area contributed by atoms with Crippen molar-refractivity contribution in [1.82, 2.24) is 10.5 Å². The van der Waals surface area contributed by atoms with Crippen molar-refractivity contribution in [3.63, 3.8) is 0 Å². The fraction of sp³-hybridized carbons (Fsp3) is 0.476. The van der Waals surface area contributed by atoms with Gasteiger partial charge in [0, 0.05) is 12.1 Å². The molecule has 7 heteroatoms. The van der Waals surface area contributed by atoms with Crippen LogP contribution in [0.2, 0.25) is 0 Å². The summed E-state index contributed by atoms with van der Waals surface area (Å²) < 4.78 is 15.9. The third kappa shape index (κ3) is 6.40. The molecule has 1 aromatic carbocycles. The average molecular weight is 388 g/mol. The molecule has 0 radical (unpaired) electrons. The highest BCUT2D eigenvalue weighted by molar-refractivity contribution is 5.92. The monoisotopic (exact) mass is 388 g/mol. The molecule has 0 aliphatic rings. The molecule has 1 amide bonds. The van der Waals surface area contributed by atoms with Crippen LogP contribution in [0.3, 0.4) is 0 Å². The number of aryl methyl sites for hydroxylation is 2. The Morgan fingerprint density at radius 3 is 2.71 bits per heavy atom.